The Bertz CT molecular complexity index is 2170. The Balaban J connectivity index is 1.22. The fourth-order valence-electron chi connectivity index (χ4n) is 8.76. The third kappa shape index (κ3) is 9.64. The van der Waals surface area contributed by atoms with Gasteiger partial charge in [0.15, 0.2) is 0 Å². The fourth-order valence-corrected chi connectivity index (χ4v) is 10.1. The second kappa shape index (κ2) is 17.4. The number of hydrogen-bond acceptors (Lipinski definition) is 11. The van der Waals surface area contributed by atoms with Crippen molar-refractivity contribution in [2.45, 2.75) is 146 Å². The Morgan fingerprint density at radius 2 is 1.87 bits per heavy atom. The number of alkyl carbamates (subject to hydrolysis) is 1. The number of methoxy groups -OCH3 is 1. The van der Waals surface area contributed by atoms with E-state index >= 15 is 0 Å². The number of benzene rings is 1. The molecule has 4 amide bonds. The van der Waals surface area contributed by atoms with Gasteiger partial charge in [0.25, 0.3) is 5.91 Å². The predicted octanol–water partition coefficient (Wildman–Crippen LogP) is 5.41. The maximum absolute atomic E-state index is 14.9. The molecule has 0 unspecified atom stereocenters. The Morgan fingerprint density at radius 3 is 2.59 bits per heavy atom. The van der Waals surface area contributed by atoms with Crippen molar-refractivity contribution in [1.82, 2.24) is 25.2 Å². The zero-order valence-corrected chi connectivity index (χ0v) is 37.3. The number of aromatic nitrogens is 1. The third-order valence-electron chi connectivity index (χ3n) is 12.9. The number of pyridine rings is 1. The first-order valence-electron chi connectivity index (χ1n) is 22.0. The van der Waals surface area contributed by atoms with E-state index in [0.717, 1.165) is 41.4 Å². The van der Waals surface area contributed by atoms with E-state index in [1.54, 1.807) is 14.0 Å². The number of fused-ring (bicyclic) bond motifs is 5. The molecular formula is C45H63N5O10S. The van der Waals surface area contributed by atoms with Crippen LogP contribution in [0.15, 0.2) is 30.4 Å². The maximum Gasteiger partial charge on any atom is 0.407 e. The molecule has 1 spiro atoms. The van der Waals surface area contributed by atoms with Crippen LogP contribution in [0.2, 0.25) is 0 Å². The van der Waals surface area contributed by atoms with Gasteiger partial charge in [-0.1, -0.05) is 52.7 Å². The first-order chi connectivity index (χ1) is 28.9. The summed E-state index contributed by atoms with van der Waals surface area (Å²) in [6, 6.07) is 3.73. The van der Waals surface area contributed by atoms with Crippen molar-refractivity contribution in [2.24, 2.45) is 11.3 Å². The van der Waals surface area contributed by atoms with Crippen molar-refractivity contribution in [2.75, 3.05) is 33.5 Å². The van der Waals surface area contributed by atoms with Gasteiger partial charge in [0.05, 0.1) is 35.7 Å². The number of nitrogens with one attached hydrogen (secondary N) is 3. The first-order valence-corrected chi connectivity index (χ1v) is 23.5. The number of sulfonamides is 1. The van der Waals surface area contributed by atoms with Gasteiger partial charge in [0, 0.05) is 43.4 Å². The van der Waals surface area contributed by atoms with Crippen LogP contribution in [0.4, 0.5) is 4.79 Å². The SMILES string of the molecule is CCc1nc2ccc(OCCCOC)cc2c2c1O[C@]1(CC2)C[C@H]2C(=O)N[C@]3(C(=O)NS(=O)(=O)C4(C)CC4)C[C@H]3/C=C\CCCCC[C@H](NC(=O)OCC(C)(C)C)C(=O)N2C1. The van der Waals surface area contributed by atoms with Crippen LogP contribution < -0.4 is 24.8 Å². The van der Waals surface area contributed by atoms with E-state index in [1.807, 2.05) is 58.0 Å². The summed E-state index contributed by atoms with van der Waals surface area (Å²) in [4.78, 5) is 63.5. The zero-order chi connectivity index (χ0) is 43.8. The first kappa shape index (κ1) is 44.6. The lowest BCUT2D eigenvalue weighted by Crippen LogP contribution is -2.58. The van der Waals surface area contributed by atoms with Gasteiger partial charge in [0.1, 0.15) is 34.7 Å². The summed E-state index contributed by atoms with van der Waals surface area (Å²) in [5.74, 6) is -0.938. The van der Waals surface area contributed by atoms with E-state index in [0.29, 0.717) is 76.1 Å². The maximum atomic E-state index is 14.9. The molecule has 334 valence electrons. The molecular weight excluding hydrogens is 803 g/mol. The second-order valence-electron chi connectivity index (χ2n) is 19.1. The van der Waals surface area contributed by atoms with Gasteiger partial charge in [-0.3, -0.25) is 19.1 Å². The molecule has 3 aliphatic heterocycles. The van der Waals surface area contributed by atoms with Crippen LogP contribution in [-0.4, -0.2) is 104 Å². The number of carbonyl (C=O) groups excluding carboxylic acids is 4. The highest BCUT2D eigenvalue weighted by Crippen LogP contribution is 2.49. The van der Waals surface area contributed by atoms with Crippen LogP contribution >= 0.6 is 0 Å². The fraction of sp³-hybridized carbons (Fsp3) is 0.667. The van der Waals surface area contributed by atoms with Gasteiger partial charge in [-0.2, -0.15) is 0 Å². The van der Waals surface area contributed by atoms with Crippen LogP contribution in [0.25, 0.3) is 10.9 Å². The molecule has 0 bridgehead atoms. The highest BCUT2D eigenvalue weighted by molar-refractivity contribution is 7.91. The number of rotatable bonds is 11. The average Bonchev–Trinajstić information content (AvgIpc) is 4.11. The molecule has 15 nitrogen and oxygen atoms in total. The van der Waals surface area contributed by atoms with Crippen molar-refractivity contribution < 1.29 is 46.5 Å². The second-order valence-corrected chi connectivity index (χ2v) is 21.3. The summed E-state index contributed by atoms with van der Waals surface area (Å²) in [6.07, 6.45) is 9.90. The molecule has 0 radical (unpaired) electrons. The highest BCUT2D eigenvalue weighted by Gasteiger charge is 2.64. The summed E-state index contributed by atoms with van der Waals surface area (Å²) in [6.45, 7) is 10.7. The number of nitrogens with zero attached hydrogens (tertiary/aromatic N) is 2. The molecule has 4 heterocycles. The minimum atomic E-state index is -4.00. The average molecular weight is 866 g/mol. The summed E-state index contributed by atoms with van der Waals surface area (Å²) < 4.78 is 51.7. The lowest BCUT2D eigenvalue weighted by Gasteiger charge is -2.37. The molecule has 2 aliphatic carbocycles. The van der Waals surface area contributed by atoms with Crippen LogP contribution in [-0.2, 0) is 46.7 Å². The topological polar surface area (TPSA) is 192 Å². The monoisotopic (exact) mass is 865 g/mol. The molecule has 1 aromatic carbocycles. The van der Waals surface area contributed by atoms with Gasteiger partial charge in [-0.05, 0) is 88.3 Å². The molecule has 1 saturated heterocycles. The number of ether oxygens (including phenoxy) is 4. The standard InChI is InChI=1S/C45H63N5O10S/c1-7-33-37-31(32-24-30(16-17-34(32)46-33)58-23-13-22-57-6)18-19-44(60-37)26-36-38(51)48-45(40(53)49-61(55,56)43(5)20-21-43)25-29(45)14-11-9-8-10-12-15-35(39(52)50(36)27-44)47-41(54)59-28-42(2,3)4/h11,14,16-17,24,29,35-36H,7-10,12-13,15,18-23,25-28H2,1-6H3,(H,47,54)(H,48,51)(H,49,53)/b14-11-/t29-,35+,36+,44-,45-/m1/s1. The minimum absolute atomic E-state index is 0.0394. The van der Waals surface area contributed by atoms with E-state index < -0.39 is 67.7 Å². The van der Waals surface area contributed by atoms with Crippen LogP contribution in [0.1, 0.15) is 117 Å². The lowest BCUT2D eigenvalue weighted by molar-refractivity contribution is -0.141. The van der Waals surface area contributed by atoms with Gasteiger partial charge >= 0.3 is 6.09 Å². The zero-order valence-electron chi connectivity index (χ0n) is 36.5. The lowest BCUT2D eigenvalue weighted by atomic mass is 9.87. The number of hydrogen-bond donors (Lipinski definition) is 3. The van der Waals surface area contributed by atoms with Gasteiger partial charge in [-0.25, -0.2) is 18.2 Å². The Hall–Kier alpha value is -4.44. The summed E-state index contributed by atoms with van der Waals surface area (Å²) >= 11 is 0. The van der Waals surface area contributed by atoms with E-state index in [2.05, 4.69) is 15.4 Å². The Kier molecular flexibility index (Phi) is 12.7. The smallest absolute Gasteiger partial charge is 0.407 e. The molecule has 5 aliphatic rings. The van der Waals surface area contributed by atoms with Crippen molar-refractivity contribution in [3.8, 4) is 11.5 Å². The summed E-state index contributed by atoms with van der Waals surface area (Å²) in [7, 11) is -2.35. The minimum Gasteiger partial charge on any atom is -0.493 e. The third-order valence-corrected chi connectivity index (χ3v) is 15.0. The highest BCUT2D eigenvalue weighted by atomic mass is 32.2. The van der Waals surface area contributed by atoms with Crippen molar-refractivity contribution in [1.29, 1.82) is 0 Å². The van der Waals surface area contributed by atoms with Gasteiger partial charge < -0.3 is 34.5 Å². The molecule has 3 N–H and O–H groups in total. The molecule has 3 fully saturated rings. The molecule has 1 aromatic heterocycles. The largest absolute Gasteiger partial charge is 0.493 e. The molecule has 7 rings (SSSR count). The quantitative estimate of drug-likeness (QED) is 0.193. The number of carbonyl (C=O) groups is 4. The van der Waals surface area contributed by atoms with Crippen LogP contribution in [0.5, 0.6) is 11.5 Å². The number of aryl methyl sites for hydroxylation is 2. The van der Waals surface area contributed by atoms with Crippen molar-refractivity contribution >= 4 is 44.7 Å². The van der Waals surface area contributed by atoms with E-state index in [9.17, 15) is 27.6 Å². The van der Waals surface area contributed by atoms with Crippen molar-refractivity contribution in [3.63, 3.8) is 0 Å². The Morgan fingerprint density at radius 1 is 1.08 bits per heavy atom. The normalized spacial score (nSPS) is 27.9. The van der Waals surface area contributed by atoms with Crippen molar-refractivity contribution in [3.05, 3.63) is 41.6 Å². The van der Waals surface area contributed by atoms with Crippen LogP contribution in [0.3, 0.4) is 0 Å². The van der Waals surface area contributed by atoms with E-state index in [1.165, 1.54) is 4.90 Å². The molecule has 61 heavy (non-hydrogen) atoms. The molecule has 2 aromatic rings. The Labute approximate surface area is 359 Å². The summed E-state index contributed by atoms with van der Waals surface area (Å²) in [5.41, 5.74) is -0.287. The van der Waals surface area contributed by atoms with Crippen LogP contribution in [0, 0.1) is 11.3 Å². The molecule has 16 heteroatoms. The summed E-state index contributed by atoms with van der Waals surface area (Å²) in [5, 5.41) is 6.70. The molecule has 5 atom stereocenters. The van der Waals surface area contributed by atoms with E-state index in [4.69, 9.17) is 23.9 Å². The van der Waals surface area contributed by atoms with Gasteiger partial charge in [-0.15, -0.1) is 0 Å². The predicted molar refractivity (Wildman–Crippen MR) is 229 cm³/mol. The molecule has 2 saturated carbocycles. The van der Waals surface area contributed by atoms with Gasteiger partial charge in [0.2, 0.25) is 21.8 Å². The number of allylic oxidation sites excluding steroid dienone is 1. The number of amides is 4. The van der Waals surface area contributed by atoms with E-state index in [-0.39, 0.29) is 31.4 Å².